The van der Waals surface area contributed by atoms with Gasteiger partial charge in [0.15, 0.2) is 6.29 Å². The number of unbranched alkanes of at least 4 members (excludes halogenated alkanes) is 11. The molecule has 2 aromatic rings. The van der Waals surface area contributed by atoms with E-state index in [-0.39, 0.29) is 17.9 Å². The topological polar surface area (TPSA) is 75.6 Å². The van der Waals surface area contributed by atoms with Gasteiger partial charge in [0.1, 0.15) is 12.4 Å². The summed E-state index contributed by atoms with van der Waals surface area (Å²) in [4.78, 5) is 23.5. The quantitative estimate of drug-likeness (QED) is 0.175. The number of benzene rings is 2. The highest BCUT2D eigenvalue weighted by atomic mass is 16.5. The first-order chi connectivity index (χ1) is 17.0. The summed E-state index contributed by atoms with van der Waals surface area (Å²) in [5, 5.41) is 12.8. The number of anilines is 1. The molecule has 2 rings (SSSR count). The predicted molar refractivity (Wildman–Crippen MR) is 143 cm³/mol. The molecule has 0 spiro atoms. The summed E-state index contributed by atoms with van der Waals surface area (Å²) in [7, 11) is 0. The Balaban J connectivity index is 1.74. The number of aldehydes is 1. The summed E-state index contributed by atoms with van der Waals surface area (Å²) < 4.78 is 5.40. The van der Waals surface area contributed by atoms with E-state index in [0.29, 0.717) is 12.0 Å². The Hall–Kier alpha value is -2.82. The van der Waals surface area contributed by atoms with Gasteiger partial charge in [-0.3, -0.25) is 10.1 Å². The van der Waals surface area contributed by atoms with E-state index in [1.807, 2.05) is 31.2 Å². The molecule has 0 aliphatic rings. The molecule has 2 aromatic carbocycles. The summed E-state index contributed by atoms with van der Waals surface area (Å²) in [5.41, 5.74) is 3.72. The number of amides is 1. The van der Waals surface area contributed by atoms with Crippen LogP contribution < -0.4 is 5.32 Å². The number of aromatic hydroxyl groups is 1. The molecular formula is C30H43NO4. The second-order valence-electron chi connectivity index (χ2n) is 9.50. The largest absolute Gasteiger partial charge is 0.507 e. The van der Waals surface area contributed by atoms with Crippen LogP contribution in [-0.4, -0.2) is 17.5 Å². The van der Waals surface area contributed by atoms with Gasteiger partial charge in [-0.05, 0) is 55.2 Å². The van der Waals surface area contributed by atoms with E-state index in [4.69, 9.17) is 4.74 Å². The minimum absolute atomic E-state index is 0.0397. The normalized spacial score (nSPS) is 10.8. The highest BCUT2D eigenvalue weighted by molar-refractivity contribution is 5.84. The second-order valence-corrected chi connectivity index (χ2v) is 9.50. The molecule has 0 atom stereocenters. The lowest BCUT2D eigenvalue weighted by Gasteiger charge is -2.13. The van der Waals surface area contributed by atoms with Crippen molar-refractivity contribution in [1.82, 2.24) is 0 Å². The number of carbonyl (C=O) groups is 2. The van der Waals surface area contributed by atoms with Crippen LogP contribution in [0.5, 0.6) is 5.75 Å². The molecule has 0 saturated carbocycles. The lowest BCUT2D eigenvalue weighted by atomic mass is 9.98. The first kappa shape index (κ1) is 28.4. The molecule has 0 fully saturated rings. The smallest absolute Gasteiger partial charge is 0.411 e. The van der Waals surface area contributed by atoms with Crippen molar-refractivity contribution < 1.29 is 19.4 Å². The fourth-order valence-electron chi connectivity index (χ4n) is 4.25. The number of nitrogens with one attached hydrogen (secondary N) is 1. The van der Waals surface area contributed by atoms with E-state index >= 15 is 0 Å². The first-order valence-corrected chi connectivity index (χ1v) is 13.3. The maximum Gasteiger partial charge on any atom is 0.411 e. The maximum absolute atomic E-state index is 12.2. The maximum atomic E-state index is 12.2. The molecule has 5 nitrogen and oxygen atoms in total. The highest BCUT2D eigenvalue weighted by Gasteiger charge is 2.12. The minimum Gasteiger partial charge on any atom is -0.507 e. The summed E-state index contributed by atoms with van der Waals surface area (Å²) in [6.07, 6.45) is 16.3. The molecule has 0 heterocycles. The molecular weight excluding hydrogens is 438 g/mol. The van der Waals surface area contributed by atoms with E-state index in [2.05, 4.69) is 12.2 Å². The molecule has 35 heavy (non-hydrogen) atoms. The zero-order valence-corrected chi connectivity index (χ0v) is 21.6. The van der Waals surface area contributed by atoms with Crippen LogP contribution in [-0.2, 0) is 17.8 Å². The number of carbonyl (C=O) groups excluding carboxylic acids is 2. The molecule has 2 N–H and O–H groups in total. The molecule has 0 aliphatic carbocycles. The van der Waals surface area contributed by atoms with E-state index < -0.39 is 6.09 Å². The van der Waals surface area contributed by atoms with Crippen molar-refractivity contribution >= 4 is 18.1 Å². The second kappa shape index (κ2) is 16.7. The Bertz CT molecular complexity index is 892. The Morgan fingerprint density at radius 3 is 2.00 bits per heavy atom. The van der Waals surface area contributed by atoms with Crippen LogP contribution in [0.3, 0.4) is 0 Å². The third-order valence-electron chi connectivity index (χ3n) is 6.43. The third kappa shape index (κ3) is 11.4. The van der Waals surface area contributed by atoms with Gasteiger partial charge in [0.25, 0.3) is 0 Å². The summed E-state index contributed by atoms with van der Waals surface area (Å²) in [6.45, 7) is 4.28. The fraction of sp³-hybridized carbons (Fsp3) is 0.533. The average Bonchev–Trinajstić information content (AvgIpc) is 2.85. The lowest BCUT2D eigenvalue weighted by Crippen LogP contribution is -2.14. The van der Waals surface area contributed by atoms with Crippen molar-refractivity contribution in [3.05, 3.63) is 58.7 Å². The lowest BCUT2D eigenvalue weighted by molar-refractivity contribution is 0.112. The van der Waals surface area contributed by atoms with Gasteiger partial charge in [0.05, 0.1) is 5.56 Å². The highest BCUT2D eigenvalue weighted by Crippen LogP contribution is 2.24. The number of aryl methyl sites for hydroxylation is 2. The van der Waals surface area contributed by atoms with Gasteiger partial charge < -0.3 is 9.84 Å². The molecule has 0 radical (unpaired) electrons. The molecule has 0 aromatic heterocycles. The van der Waals surface area contributed by atoms with Crippen molar-refractivity contribution in [1.29, 1.82) is 0 Å². The van der Waals surface area contributed by atoms with E-state index in [9.17, 15) is 14.7 Å². The molecule has 0 aliphatic heterocycles. The third-order valence-corrected chi connectivity index (χ3v) is 6.43. The van der Waals surface area contributed by atoms with Crippen LogP contribution in [0.2, 0.25) is 0 Å². The van der Waals surface area contributed by atoms with Gasteiger partial charge in [-0.15, -0.1) is 0 Å². The minimum atomic E-state index is -0.552. The van der Waals surface area contributed by atoms with Crippen molar-refractivity contribution in [3.63, 3.8) is 0 Å². The molecule has 1 amide bonds. The summed E-state index contributed by atoms with van der Waals surface area (Å²) >= 11 is 0. The van der Waals surface area contributed by atoms with Crippen molar-refractivity contribution in [2.24, 2.45) is 0 Å². The zero-order valence-electron chi connectivity index (χ0n) is 21.6. The first-order valence-electron chi connectivity index (χ1n) is 13.3. The standard InChI is InChI=1S/C30H43NO4/c1-3-4-5-6-7-8-9-10-11-12-13-14-15-25-20-26(22-32)29(33)21-27(25)23-35-30(34)31-28-18-16-24(2)17-19-28/h16-22,33H,3-15,23H2,1-2H3,(H,31,34). The van der Waals surface area contributed by atoms with Crippen molar-refractivity contribution in [2.75, 3.05) is 5.32 Å². The number of rotatable bonds is 17. The predicted octanol–water partition coefficient (Wildman–Crippen LogP) is 8.51. The van der Waals surface area contributed by atoms with Gasteiger partial charge in [0.2, 0.25) is 0 Å². The number of hydrogen-bond donors (Lipinski definition) is 2. The van der Waals surface area contributed by atoms with Crippen LogP contribution in [0, 0.1) is 6.92 Å². The van der Waals surface area contributed by atoms with Gasteiger partial charge in [-0.1, -0.05) is 95.2 Å². The molecule has 192 valence electrons. The number of phenolic OH excluding ortho intramolecular Hbond substituents is 1. The Labute approximate surface area is 211 Å². The van der Waals surface area contributed by atoms with Gasteiger partial charge in [0, 0.05) is 5.69 Å². The van der Waals surface area contributed by atoms with Crippen molar-refractivity contribution in [2.45, 2.75) is 104 Å². The van der Waals surface area contributed by atoms with Crippen LogP contribution >= 0.6 is 0 Å². The number of phenols is 1. The van der Waals surface area contributed by atoms with Crippen LogP contribution in [0.15, 0.2) is 36.4 Å². The van der Waals surface area contributed by atoms with E-state index in [1.165, 1.54) is 64.2 Å². The number of ether oxygens (including phenoxy) is 1. The zero-order chi connectivity index (χ0) is 25.3. The van der Waals surface area contributed by atoms with Gasteiger partial charge >= 0.3 is 6.09 Å². The Morgan fingerprint density at radius 2 is 1.43 bits per heavy atom. The van der Waals surface area contributed by atoms with Crippen LogP contribution in [0.4, 0.5) is 10.5 Å². The average molecular weight is 482 g/mol. The van der Waals surface area contributed by atoms with Crippen LogP contribution in [0.25, 0.3) is 0 Å². The Kier molecular flexibility index (Phi) is 13.6. The fourth-order valence-corrected chi connectivity index (χ4v) is 4.25. The van der Waals surface area contributed by atoms with Gasteiger partial charge in [-0.25, -0.2) is 4.79 Å². The monoisotopic (exact) mass is 481 g/mol. The van der Waals surface area contributed by atoms with Gasteiger partial charge in [-0.2, -0.15) is 0 Å². The SMILES string of the molecule is CCCCCCCCCCCCCCc1cc(C=O)c(O)cc1COC(=O)Nc1ccc(C)cc1. The Morgan fingerprint density at radius 1 is 0.857 bits per heavy atom. The molecule has 5 heteroatoms. The summed E-state index contributed by atoms with van der Waals surface area (Å²) in [6, 6.07) is 10.7. The van der Waals surface area contributed by atoms with Crippen molar-refractivity contribution in [3.8, 4) is 5.75 Å². The molecule has 0 bridgehead atoms. The molecule has 0 saturated heterocycles. The van der Waals surface area contributed by atoms with Crippen LogP contribution in [0.1, 0.15) is 111 Å². The van der Waals surface area contributed by atoms with E-state index in [1.54, 1.807) is 12.1 Å². The molecule has 0 unspecified atom stereocenters. The van der Waals surface area contributed by atoms with E-state index in [0.717, 1.165) is 36.0 Å². The summed E-state index contributed by atoms with van der Waals surface area (Å²) in [5.74, 6) is -0.0870. The number of hydrogen-bond acceptors (Lipinski definition) is 4.